The molecule has 2 aromatic rings. The van der Waals surface area contributed by atoms with Crippen molar-refractivity contribution in [2.75, 3.05) is 52.0 Å². The number of carbonyl (C=O) groups is 2. The van der Waals surface area contributed by atoms with Crippen LogP contribution in [-0.2, 0) is 24.2 Å². The molecule has 0 saturated carbocycles. The van der Waals surface area contributed by atoms with Crippen molar-refractivity contribution in [1.82, 2.24) is 4.90 Å². The van der Waals surface area contributed by atoms with Crippen molar-refractivity contribution >= 4 is 27.3 Å². The number of morpholine rings is 1. The summed E-state index contributed by atoms with van der Waals surface area (Å²) in [6.07, 6.45) is -0.303. The molecule has 1 atom stereocenters. The van der Waals surface area contributed by atoms with Gasteiger partial charge in [0, 0.05) is 19.5 Å². The van der Waals surface area contributed by atoms with Crippen molar-refractivity contribution in [2.45, 2.75) is 16.6 Å². The van der Waals surface area contributed by atoms with Crippen LogP contribution in [-0.4, -0.2) is 72.2 Å². The smallest absolute Gasteiger partial charge is 0.242 e. The molecule has 0 radical (unpaired) electrons. The Morgan fingerprint density at radius 1 is 1.06 bits per heavy atom. The molecule has 1 unspecified atom stereocenters. The van der Waals surface area contributed by atoms with Gasteiger partial charge in [0.2, 0.25) is 11.8 Å². The molecule has 2 heterocycles. The van der Waals surface area contributed by atoms with Gasteiger partial charge in [0.15, 0.2) is 21.3 Å². The summed E-state index contributed by atoms with van der Waals surface area (Å²) in [5.74, 6) is 0.139. The van der Waals surface area contributed by atoms with Crippen LogP contribution in [0.4, 0.5) is 5.69 Å². The summed E-state index contributed by atoms with van der Waals surface area (Å²) < 4.78 is 43.3. The van der Waals surface area contributed by atoms with Crippen molar-refractivity contribution in [3.8, 4) is 11.5 Å². The van der Waals surface area contributed by atoms with Crippen LogP contribution < -0.4 is 14.4 Å². The van der Waals surface area contributed by atoms with E-state index in [1.54, 1.807) is 41.3 Å². The molecule has 1 saturated heterocycles. The summed E-state index contributed by atoms with van der Waals surface area (Å²) in [7, 11) is -0.997. The Balaban J connectivity index is 1.74. The van der Waals surface area contributed by atoms with Crippen LogP contribution in [0.3, 0.4) is 0 Å². The molecule has 10 heteroatoms. The molecule has 4 rings (SSSR count). The summed E-state index contributed by atoms with van der Waals surface area (Å²) in [4.78, 5) is 29.2. The van der Waals surface area contributed by atoms with Gasteiger partial charge >= 0.3 is 0 Å². The van der Waals surface area contributed by atoms with E-state index in [-0.39, 0.29) is 29.5 Å². The lowest BCUT2D eigenvalue weighted by Crippen LogP contribution is -2.47. The molecule has 0 aromatic heterocycles. The molecule has 0 spiro atoms. The molecule has 33 heavy (non-hydrogen) atoms. The molecule has 0 aliphatic carbocycles. The Hall–Kier alpha value is -3.11. The van der Waals surface area contributed by atoms with Crippen LogP contribution in [0.1, 0.15) is 17.2 Å². The number of fused-ring (bicyclic) bond motifs is 1. The molecule has 2 amide bonds. The molecule has 176 valence electrons. The maximum Gasteiger partial charge on any atom is 0.242 e. The molecule has 9 nitrogen and oxygen atoms in total. The van der Waals surface area contributed by atoms with Crippen LogP contribution in [0.25, 0.3) is 0 Å². The van der Waals surface area contributed by atoms with Crippen molar-refractivity contribution in [3.05, 3.63) is 48.0 Å². The first-order valence-electron chi connectivity index (χ1n) is 10.6. The number of anilines is 1. The van der Waals surface area contributed by atoms with Gasteiger partial charge in [-0.2, -0.15) is 0 Å². The molecular formula is C23H26N2O7S. The molecule has 2 aliphatic heterocycles. The van der Waals surface area contributed by atoms with Gasteiger partial charge in [0.05, 0.1) is 43.3 Å². The van der Waals surface area contributed by atoms with Crippen molar-refractivity contribution in [1.29, 1.82) is 0 Å². The van der Waals surface area contributed by atoms with Crippen molar-refractivity contribution in [3.63, 3.8) is 0 Å². The standard InChI is InChI=1S/C23H26N2O7S/c1-30-18-8-7-16(13-19(18)31-2)21-14-22(26)25(15-23(27)24-9-11-32-12-10-24)17-5-3-4-6-20(17)33(21,28)29/h3-8,13,21H,9-12,14-15H2,1-2H3. The Kier molecular flexibility index (Phi) is 6.57. The SMILES string of the molecule is COc1ccc(C2CC(=O)N(CC(=O)N3CCOCC3)c3ccccc3S2(=O)=O)cc1OC. The predicted molar refractivity (Wildman–Crippen MR) is 120 cm³/mol. The van der Waals surface area contributed by atoms with Crippen LogP contribution in [0, 0.1) is 0 Å². The zero-order valence-electron chi connectivity index (χ0n) is 18.5. The maximum absolute atomic E-state index is 13.7. The molecule has 0 bridgehead atoms. The maximum atomic E-state index is 13.7. The average Bonchev–Trinajstić information content (AvgIpc) is 2.92. The number of carbonyl (C=O) groups excluding carboxylic acids is 2. The van der Waals surface area contributed by atoms with Crippen LogP contribution in [0.15, 0.2) is 47.4 Å². The Morgan fingerprint density at radius 2 is 1.76 bits per heavy atom. The third-order valence-corrected chi connectivity index (χ3v) is 8.08. The first-order chi connectivity index (χ1) is 15.9. The molecular weight excluding hydrogens is 448 g/mol. The Labute approximate surface area is 192 Å². The first-order valence-corrected chi connectivity index (χ1v) is 12.1. The summed E-state index contributed by atoms with van der Waals surface area (Å²) in [6, 6.07) is 11.1. The number of sulfone groups is 1. The van der Waals surface area contributed by atoms with Gasteiger partial charge in [-0.1, -0.05) is 18.2 Å². The minimum absolute atomic E-state index is 0.0189. The summed E-state index contributed by atoms with van der Waals surface area (Å²) in [5.41, 5.74) is 0.629. The number of nitrogens with zero attached hydrogens (tertiary/aromatic N) is 2. The van der Waals surface area contributed by atoms with E-state index in [0.717, 1.165) is 0 Å². The predicted octanol–water partition coefficient (Wildman–Crippen LogP) is 1.81. The highest BCUT2D eigenvalue weighted by Crippen LogP contribution is 2.42. The largest absolute Gasteiger partial charge is 0.493 e. The number of ether oxygens (including phenoxy) is 3. The number of amides is 2. The van der Waals surface area contributed by atoms with Crippen LogP contribution in [0.5, 0.6) is 11.5 Å². The number of hydrogen-bond donors (Lipinski definition) is 0. The lowest BCUT2D eigenvalue weighted by Gasteiger charge is -2.30. The first kappa shape index (κ1) is 23.1. The van der Waals surface area contributed by atoms with Gasteiger partial charge in [-0.25, -0.2) is 8.42 Å². The number of para-hydroxylation sites is 1. The van der Waals surface area contributed by atoms with Gasteiger partial charge in [0.25, 0.3) is 0 Å². The summed E-state index contributed by atoms with van der Waals surface area (Å²) in [5, 5.41) is -1.13. The van der Waals surface area contributed by atoms with E-state index < -0.39 is 21.0 Å². The fourth-order valence-electron chi connectivity index (χ4n) is 4.16. The third kappa shape index (κ3) is 4.40. The van der Waals surface area contributed by atoms with E-state index in [0.29, 0.717) is 43.4 Å². The number of rotatable bonds is 5. The number of benzene rings is 2. The highest BCUT2D eigenvalue weighted by Gasteiger charge is 2.40. The Morgan fingerprint density at radius 3 is 2.45 bits per heavy atom. The topological polar surface area (TPSA) is 102 Å². The third-order valence-electron chi connectivity index (χ3n) is 5.93. The minimum Gasteiger partial charge on any atom is -0.493 e. The van der Waals surface area contributed by atoms with Gasteiger partial charge in [-0.05, 0) is 29.8 Å². The van der Waals surface area contributed by atoms with E-state index in [4.69, 9.17) is 14.2 Å². The highest BCUT2D eigenvalue weighted by atomic mass is 32.2. The van der Waals surface area contributed by atoms with Gasteiger partial charge in [-0.3, -0.25) is 9.59 Å². The minimum atomic E-state index is -3.95. The van der Waals surface area contributed by atoms with Gasteiger partial charge < -0.3 is 24.0 Å². The lowest BCUT2D eigenvalue weighted by atomic mass is 10.1. The van der Waals surface area contributed by atoms with Crippen LogP contribution >= 0.6 is 0 Å². The van der Waals surface area contributed by atoms with Gasteiger partial charge in [-0.15, -0.1) is 0 Å². The molecule has 1 fully saturated rings. The second-order valence-electron chi connectivity index (χ2n) is 7.79. The van der Waals surface area contributed by atoms with E-state index >= 15 is 0 Å². The fraction of sp³-hybridized carbons (Fsp3) is 0.391. The zero-order chi connectivity index (χ0) is 23.6. The monoisotopic (exact) mass is 474 g/mol. The summed E-state index contributed by atoms with van der Waals surface area (Å²) in [6.45, 7) is 1.52. The van der Waals surface area contributed by atoms with E-state index in [1.165, 1.54) is 25.2 Å². The van der Waals surface area contributed by atoms with E-state index in [2.05, 4.69) is 0 Å². The number of methoxy groups -OCH3 is 2. The lowest BCUT2D eigenvalue weighted by molar-refractivity contribution is -0.135. The molecule has 2 aromatic carbocycles. The molecule has 2 aliphatic rings. The van der Waals surface area contributed by atoms with Crippen molar-refractivity contribution < 1.29 is 32.2 Å². The zero-order valence-corrected chi connectivity index (χ0v) is 19.3. The van der Waals surface area contributed by atoms with E-state index in [1.807, 2.05) is 0 Å². The number of hydrogen-bond acceptors (Lipinski definition) is 7. The van der Waals surface area contributed by atoms with Gasteiger partial charge in [0.1, 0.15) is 6.54 Å². The second-order valence-corrected chi connectivity index (χ2v) is 9.89. The fourth-order valence-corrected chi connectivity index (χ4v) is 6.07. The Bertz CT molecular complexity index is 1160. The van der Waals surface area contributed by atoms with E-state index in [9.17, 15) is 18.0 Å². The highest BCUT2D eigenvalue weighted by molar-refractivity contribution is 7.92. The quantitative estimate of drug-likeness (QED) is 0.651. The average molecular weight is 475 g/mol. The van der Waals surface area contributed by atoms with Crippen LogP contribution in [0.2, 0.25) is 0 Å². The summed E-state index contributed by atoms with van der Waals surface area (Å²) >= 11 is 0. The normalized spacial score (nSPS) is 20.1. The van der Waals surface area contributed by atoms with Crippen molar-refractivity contribution in [2.24, 2.45) is 0 Å². The second kappa shape index (κ2) is 9.40. The molecule has 0 N–H and O–H groups in total.